The van der Waals surface area contributed by atoms with E-state index in [9.17, 15) is 0 Å². The Morgan fingerprint density at radius 2 is 2.08 bits per heavy atom. The Kier molecular flexibility index (Phi) is 3.67. The van der Waals surface area contributed by atoms with Gasteiger partial charge >= 0.3 is 0 Å². The summed E-state index contributed by atoms with van der Waals surface area (Å²) in [4.78, 5) is 2.68. The van der Waals surface area contributed by atoms with Crippen molar-refractivity contribution in [1.82, 2.24) is 0 Å². The number of hydrogen-bond acceptors (Lipinski definition) is 2. The van der Waals surface area contributed by atoms with Crippen LogP contribution >= 0.6 is 0 Å². The summed E-state index contributed by atoms with van der Waals surface area (Å²) in [6.45, 7) is 2.76. The lowest BCUT2D eigenvalue weighted by Gasteiger charge is -2.03. The first-order chi connectivity index (χ1) is 6.36. The second kappa shape index (κ2) is 5.06. The lowest BCUT2D eigenvalue weighted by Crippen LogP contribution is -1.93. The van der Waals surface area contributed by atoms with E-state index in [0.717, 1.165) is 12.2 Å². The van der Waals surface area contributed by atoms with Gasteiger partial charge in [-0.15, -0.1) is 0 Å². The summed E-state index contributed by atoms with van der Waals surface area (Å²) < 4.78 is 5.35. The molecule has 0 spiro atoms. The third-order valence-electron chi connectivity index (χ3n) is 1.47. The number of ether oxygens (including phenoxy) is 1. The summed E-state index contributed by atoms with van der Waals surface area (Å²) in [7, 11) is 0. The summed E-state index contributed by atoms with van der Waals surface area (Å²) in [5.41, 5.74) is 8.76. The molecule has 0 unspecified atom stereocenters. The number of hydrogen-bond donors (Lipinski definition) is 0. The Labute approximate surface area is 76.8 Å². The van der Waals surface area contributed by atoms with Gasteiger partial charge in [-0.2, -0.15) is 0 Å². The monoisotopic (exact) mass is 177 g/mol. The molecule has 0 radical (unpaired) electrons. The molecule has 0 aliphatic rings. The molecule has 0 bridgehead atoms. The molecule has 0 aliphatic carbocycles. The fourth-order valence-corrected chi connectivity index (χ4v) is 0.881. The van der Waals surface area contributed by atoms with Gasteiger partial charge in [-0.1, -0.05) is 12.0 Å². The molecule has 0 aromatic heterocycles. The van der Waals surface area contributed by atoms with Crippen LogP contribution in [0.3, 0.4) is 0 Å². The first-order valence-electron chi connectivity index (χ1n) is 4.14. The molecule has 1 aromatic rings. The highest BCUT2D eigenvalue weighted by atomic mass is 16.5. The molecule has 0 saturated carbocycles. The zero-order chi connectivity index (χ0) is 9.52. The minimum absolute atomic E-state index is 0.603. The van der Waals surface area contributed by atoms with E-state index in [1.807, 2.05) is 6.92 Å². The molecule has 4 heteroatoms. The second-order valence-corrected chi connectivity index (χ2v) is 2.53. The molecule has 0 saturated heterocycles. The van der Waals surface area contributed by atoms with Gasteiger partial charge in [0.15, 0.2) is 0 Å². The van der Waals surface area contributed by atoms with E-state index in [1.54, 1.807) is 24.3 Å². The summed E-state index contributed by atoms with van der Waals surface area (Å²) in [6, 6.07) is 7.04. The number of nitrogens with zero attached hydrogens (tertiary/aromatic N) is 3. The average Bonchev–Trinajstić information content (AvgIpc) is 2.17. The molecular formula is C9H11N3O. The van der Waals surface area contributed by atoms with Gasteiger partial charge in [0, 0.05) is 10.6 Å². The minimum atomic E-state index is 0.603. The van der Waals surface area contributed by atoms with Crippen molar-refractivity contribution in [1.29, 1.82) is 0 Å². The van der Waals surface area contributed by atoms with Gasteiger partial charge in [0.1, 0.15) is 5.75 Å². The van der Waals surface area contributed by atoms with Crippen molar-refractivity contribution in [3.63, 3.8) is 0 Å². The van der Waals surface area contributed by atoms with Crippen molar-refractivity contribution >= 4 is 5.69 Å². The first-order valence-corrected chi connectivity index (χ1v) is 4.14. The molecule has 68 valence electrons. The highest BCUT2D eigenvalue weighted by molar-refractivity contribution is 5.40. The van der Waals surface area contributed by atoms with E-state index in [0.29, 0.717) is 12.3 Å². The summed E-state index contributed by atoms with van der Waals surface area (Å²) in [6.07, 6.45) is 0.984. The van der Waals surface area contributed by atoms with Gasteiger partial charge in [0.2, 0.25) is 0 Å². The van der Waals surface area contributed by atoms with Crippen LogP contribution in [0.4, 0.5) is 5.69 Å². The largest absolute Gasteiger partial charge is 0.494 e. The van der Waals surface area contributed by atoms with Crippen LogP contribution in [0, 0.1) is 0 Å². The maximum atomic E-state index is 8.16. The van der Waals surface area contributed by atoms with Crippen LogP contribution in [0.25, 0.3) is 10.4 Å². The van der Waals surface area contributed by atoms with E-state index in [1.165, 1.54) is 0 Å². The van der Waals surface area contributed by atoms with Crippen molar-refractivity contribution in [3.05, 3.63) is 34.7 Å². The van der Waals surface area contributed by atoms with Gasteiger partial charge in [0.05, 0.1) is 6.61 Å². The van der Waals surface area contributed by atoms with Crippen LogP contribution in [-0.4, -0.2) is 6.61 Å². The van der Waals surface area contributed by atoms with Gasteiger partial charge < -0.3 is 4.74 Å². The standard InChI is InChI=1S/C9H11N3O/c1-2-7-13-9-5-3-8(4-6-9)11-12-10/h3-6H,2,7H2,1H3. The maximum Gasteiger partial charge on any atom is 0.119 e. The SMILES string of the molecule is CCCOc1ccc(N=[N+]=[N-])cc1. The van der Waals surface area contributed by atoms with Crippen molar-refractivity contribution < 1.29 is 4.74 Å². The predicted octanol–water partition coefficient (Wildman–Crippen LogP) is 3.42. The molecule has 1 rings (SSSR count). The Morgan fingerprint density at radius 1 is 1.38 bits per heavy atom. The molecule has 0 heterocycles. The van der Waals surface area contributed by atoms with Crippen LogP contribution in [0.5, 0.6) is 5.75 Å². The number of benzene rings is 1. The van der Waals surface area contributed by atoms with Crippen LogP contribution in [0.15, 0.2) is 29.4 Å². The highest BCUT2D eigenvalue weighted by Gasteiger charge is 1.91. The molecule has 0 aliphatic heterocycles. The van der Waals surface area contributed by atoms with E-state index >= 15 is 0 Å². The Balaban J connectivity index is 2.63. The normalized spacial score (nSPS) is 9.00. The van der Waals surface area contributed by atoms with Crippen molar-refractivity contribution in [2.24, 2.45) is 5.11 Å². The zero-order valence-electron chi connectivity index (χ0n) is 7.47. The maximum absolute atomic E-state index is 8.16. The van der Waals surface area contributed by atoms with Gasteiger partial charge in [-0.25, -0.2) is 0 Å². The number of azide groups is 1. The van der Waals surface area contributed by atoms with E-state index in [-0.39, 0.29) is 0 Å². The van der Waals surface area contributed by atoms with Crippen molar-refractivity contribution in [2.45, 2.75) is 13.3 Å². The smallest absolute Gasteiger partial charge is 0.119 e. The molecule has 0 N–H and O–H groups in total. The quantitative estimate of drug-likeness (QED) is 0.395. The highest BCUT2D eigenvalue weighted by Crippen LogP contribution is 2.17. The third kappa shape index (κ3) is 3.05. The molecule has 13 heavy (non-hydrogen) atoms. The predicted molar refractivity (Wildman–Crippen MR) is 51.0 cm³/mol. The molecule has 0 fully saturated rings. The Morgan fingerprint density at radius 3 is 2.62 bits per heavy atom. The summed E-state index contributed by atoms with van der Waals surface area (Å²) in [5, 5.41) is 3.45. The van der Waals surface area contributed by atoms with Crippen LogP contribution in [0.1, 0.15) is 13.3 Å². The lowest BCUT2D eigenvalue weighted by atomic mass is 10.3. The van der Waals surface area contributed by atoms with Crippen molar-refractivity contribution in [3.8, 4) is 5.75 Å². The van der Waals surface area contributed by atoms with Crippen LogP contribution in [0.2, 0.25) is 0 Å². The van der Waals surface area contributed by atoms with Crippen LogP contribution in [-0.2, 0) is 0 Å². The Bertz CT molecular complexity index is 301. The summed E-state index contributed by atoms with van der Waals surface area (Å²) >= 11 is 0. The summed E-state index contributed by atoms with van der Waals surface area (Å²) in [5.74, 6) is 0.804. The van der Waals surface area contributed by atoms with E-state index in [2.05, 4.69) is 10.0 Å². The first kappa shape index (κ1) is 9.42. The average molecular weight is 177 g/mol. The molecule has 0 atom stereocenters. The lowest BCUT2D eigenvalue weighted by molar-refractivity contribution is 0.317. The van der Waals surface area contributed by atoms with Gasteiger partial charge in [-0.05, 0) is 36.2 Å². The second-order valence-electron chi connectivity index (χ2n) is 2.53. The molecule has 4 nitrogen and oxygen atoms in total. The Hall–Kier alpha value is -1.67. The van der Waals surface area contributed by atoms with Crippen molar-refractivity contribution in [2.75, 3.05) is 6.61 Å². The fourth-order valence-electron chi connectivity index (χ4n) is 0.881. The van der Waals surface area contributed by atoms with E-state index in [4.69, 9.17) is 10.3 Å². The number of rotatable bonds is 4. The topological polar surface area (TPSA) is 58.0 Å². The van der Waals surface area contributed by atoms with Crippen LogP contribution < -0.4 is 4.74 Å². The molecule has 0 amide bonds. The van der Waals surface area contributed by atoms with Gasteiger partial charge in [0.25, 0.3) is 0 Å². The fraction of sp³-hybridized carbons (Fsp3) is 0.333. The zero-order valence-corrected chi connectivity index (χ0v) is 7.47. The van der Waals surface area contributed by atoms with Gasteiger partial charge in [-0.3, -0.25) is 0 Å². The molecule has 1 aromatic carbocycles. The third-order valence-corrected chi connectivity index (χ3v) is 1.47. The van der Waals surface area contributed by atoms with E-state index < -0.39 is 0 Å². The minimum Gasteiger partial charge on any atom is -0.494 e. The molecular weight excluding hydrogens is 166 g/mol.